The second-order valence-electron chi connectivity index (χ2n) is 5.58. The molecule has 2 saturated heterocycles. The Bertz CT molecular complexity index is 337. The quantitative estimate of drug-likeness (QED) is 0.755. The van der Waals surface area contributed by atoms with Crippen molar-refractivity contribution in [3.63, 3.8) is 0 Å². The Morgan fingerprint density at radius 3 is 2.75 bits per heavy atom. The Morgan fingerprint density at radius 2 is 2.10 bits per heavy atom. The second kappa shape index (κ2) is 7.59. The molecular weight excluding hydrogens is 258 g/mol. The minimum absolute atomic E-state index is 0.0155. The number of hydrogen-bond donors (Lipinski definition) is 2. The predicted octanol–water partition coefficient (Wildman–Crippen LogP) is -0.118. The number of morpholine rings is 1. The van der Waals surface area contributed by atoms with Crippen molar-refractivity contribution in [3.05, 3.63) is 0 Å². The molecular formula is C14H25N3O3. The average Bonchev–Trinajstić information content (AvgIpc) is 2.48. The van der Waals surface area contributed by atoms with E-state index in [9.17, 15) is 9.59 Å². The van der Waals surface area contributed by atoms with Crippen LogP contribution in [-0.2, 0) is 14.3 Å². The monoisotopic (exact) mass is 283 g/mol. The van der Waals surface area contributed by atoms with Gasteiger partial charge in [-0.15, -0.1) is 0 Å². The Kier molecular flexibility index (Phi) is 5.79. The molecule has 0 spiro atoms. The summed E-state index contributed by atoms with van der Waals surface area (Å²) in [5, 5.41) is 6.16. The molecule has 0 radical (unpaired) electrons. The van der Waals surface area contributed by atoms with E-state index in [4.69, 9.17) is 4.74 Å². The number of ether oxygens (including phenoxy) is 1. The molecule has 2 aliphatic heterocycles. The number of carbonyl (C=O) groups is 2. The third-order valence-corrected chi connectivity index (χ3v) is 3.91. The van der Waals surface area contributed by atoms with Gasteiger partial charge in [-0.25, -0.2) is 0 Å². The zero-order chi connectivity index (χ0) is 14.4. The van der Waals surface area contributed by atoms with Crippen LogP contribution in [0.4, 0.5) is 0 Å². The van der Waals surface area contributed by atoms with Crippen molar-refractivity contribution in [1.29, 1.82) is 0 Å². The van der Waals surface area contributed by atoms with Crippen LogP contribution < -0.4 is 10.6 Å². The Labute approximate surface area is 120 Å². The van der Waals surface area contributed by atoms with Crippen LogP contribution in [0.25, 0.3) is 0 Å². The first-order valence-electron chi connectivity index (χ1n) is 7.56. The van der Waals surface area contributed by atoms with Gasteiger partial charge in [-0.2, -0.15) is 0 Å². The number of amides is 2. The van der Waals surface area contributed by atoms with Crippen molar-refractivity contribution in [1.82, 2.24) is 15.5 Å². The molecule has 0 bridgehead atoms. The van der Waals surface area contributed by atoms with Gasteiger partial charge in [-0.1, -0.05) is 6.42 Å². The fraction of sp³-hybridized carbons (Fsp3) is 0.857. The summed E-state index contributed by atoms with van der Waals surface area (Å²) < 4.78 is 5.22. The van der Waals surface area contributed by atoms with E-state index in [-0.39, 0.29) is 17.9 Å². The summed E-state index contributed by atoms with van der Waals surface area (Å²) >= 11 is 0. The van der Waals surface area contributed by atoms with Gasteiger partial charge in [-0.3, -0.25) is 9.59 Å². The third-order valence-electron chi connectivity index (χ3n) is 3.91. The molecule has 0 aromatic carbocycles. The van der Waals surface area contributed by atoms with Crippen LogP contribution in [0.3, 0.4) is 0 Å². The highest BCUT2D eigenvalue weighted by molar-refractivity contribution is 5.87. The molecule has 0 aromatic heterocycles. The highest BCUT2D eigenvalue weighted by Gasteiger charge is 2.24. The van der Waals surface area contributed by atoms with Crippen LogP contribution in [-0.4, -0.2) is 61.6 Å². The zero-order valence-electron chi connectivity index (χ0n) is 12.2. The topological polar surface area (TPSA) is 70.7 Å². The fourth-order valence-electron chi connectivity index (χ4n) is 2.74. The average molecular weight is 283 g/mol. The van der Waals surface area contributed by atoms with Crippen LogP contribution in [0.15, 0.2) is 0 Å². The Balaban J connectivity index is 1.73. The molecule has 2 unspecified atom stereocenters. The van der Waals surface area contributed by atoms with E-state index in [0.29, 0.717) is 32.7 Å². The van der Waals surface area contributed by atoms with Gasteiger partial charge >= 0.3 is 0 Å². The molecule has 0 saturated carbocycles. The molecule has 2 heterocycles. The molecule has 2 amide bonds. The summed E-state index contributed by atoms with van der Waals surface area (Å²) in [6, 6.07) is -0.196. The van der Waals surface area contributed by atoms with Crippen LogP contribution in [0.5, 0.6) is 0 Å². The van der Waals surface area contributed by atoms with E-state index >= 15 is 0 Å². The zero-order valence-corrected chi connectivity index (χ0v) is 12.2. The molecule has 2 atom stereocenters. The maximum absolute atomic E-state index is 12.2. The van der Waals surface area contributed by atoms with Crippen molar-refractivity contribution in [3.8, 4) is 0 Å². The molecule has 20 heavy (non-hydrogen) atoms. The summed E-state index contributed by atoms with van der Waals surface area (Å²) in [5.41, 5.74) is 0. The summed E-state index contributed by atoms with van der Waals surface area (Å²) in [6.07, 6.45) is 3.86. The standard InChI is InChI=1S/C14H25N3O3/c1-11(14(19)17-6-8-20-9-7-17)16-13(18)10-12-4-2-3-5-15-12/h11-12,15H,2-10H2,1H3,(H,16,18). The lowest BCUT2D eigenvalue weighted by Crippen LogP contribution is -2.51. The number of hydrogen-bond acceptors (Lipinski definition) is 4. The number of nitrogens with zero attached hydrogens (tertiary/aromatic N) is 1. The molecule has 2 N–H and O–H groups in total. The van der Waals surface area contributed by atoms with Crippen molar-refractivity contribution in [2.24, 2.45) is 0 Å². The van der Waals surface area contributed by atoms with E-state index in [0.717, 1.165) is 13.0 Å². The van der Waals surface area contributed by atoms with Gasteiger partial charge in [0, 0.05) is 25.6 Å². The van der Waals surface area contributed by atoms with Gasteiger partial charge < -0.3 is 20.3 Å². The van der Waals surface area contributed by atoms with Crippen LogP contribution in [0.1, 0.15) is 32.6 Å². The van der Waals surface area contributed by atoms with E-state index in [1.807, 2.05) is 0 Å². The van der Waals surface area contributed by atoms with Gasteiger partial charge in [0.1, 0.15) is 6.04 Å². The van der Waals surface area contributed by atoms with E-state index in [2.05, 4.69) is 10.6 Å². The van der Waals surface area contributed by atoms with Gasteiger partial charge in [0.2, 0.25) is 11.8 Å². The normalized spacial score (nSPS) is 25.1. The van der Waals surface area contributed by atoms with E-state index < -0.39 is 6.04 Å². The molecule has 2 aliphatic rings. The number of nitrogens with one attached hydrogen (secondary N) is 2. The second-order valence-corrected chi connectivity index (χ2v) is 5.58. The first-order valence-corrected chi connectivity index (χ1v) is 7.56. The number of piperidine rings is 1. The number of carbonyl (C=O) groups excluding carboxylic acids is 2. The summed E-state index contributed by atoms with van der Waals surface area (Å²) in [7, 11) is 0. The van der Waals surface area contributed by atoms with Gasteiger partial charge in [0.05, 0.1) is 13.2 Å². The Hall–Kier alpha value is -1.14. The molecule has 2 fully saturated rings. The molecule has 114 valence electrons. The first-order chi connectivity index (χ1) is 9.66. The molecule has 0 aliphatic carbocycles. The predicted molar refractivity (Wildman–Crippen MR) is 75.3 cm³/mol. The number of rotatable bonds is 4. The SMILES string of the molecule is CC(NC(=O)CC1CCCCN1)C(=O)N1CCOCC1. The minimum atomic E-state index is -0.454. The van der Waals surface area contributed by atoms with Gasteiger partial charge in [-0.05, 0) is 26.3 Å². The smallest absolute Gasteiger partial charge is 0.245 e. The van der Waals surface area contributed by atoms with Gasteiger partial charge in [0.15, 0.2) is 0 Å². The van der Waals surface area contributed by atoms with Crippen molar-refractivity contribution in [2.45, 2.75) is 44.7 Å². The summed E-state index contributed by atoms with van der Waals surface area (Å²) in [6.45, 7) is 5.13. The highest BCUT2D eigenvalue weighted by Crippen LogP contribution is 2.10. The minimum Gasteiger partial charge on any atom is -0.378 e. The molecule has 6 heteroatoms. The largest absolute Gasteiger partial charge is 0.378 e. The maximum atomic E-state index is 12.2. The van der Waals surface area contributed by atoms with E-state index in [1.165, 1.54) is 12.8 Å². The lowest BCUT2D eigenvalue weighted by atomic mass is 10.0. The Morgan fingerprint density at radius 1 is 1.35 bits per heavy atom. The lowest BCUT2D eigenvalue weighted by molar-refractivity contribution is -0.139. The third kappa shape index (κ3) is 4.45. The van der Waals surface area contributed by atoms with Crippen LogP contribution in [0, 0.1) is 0 Å². The maximum Gasteiger partial charge on any atom is 0.245 e. The first kappa shape index (κ1) is 15.3. The highest BCUT2D eigenvalue weighted by atomic mass is 16.5. The van der Waals surface area contributed by atoms with Crippen molar-refractivity contribution >= 4 is 11.8 Å². The van der Waals surface area contributed by atoms with Crippen molar-refractivity contribution in [2.75, 3.05) is 32.8 Å². The summed E-state index contributed by atoms with van der Waals surface area (Å²) in [4.78, 5) is 25.9. The van der Waals surface area contributed by atoms with E-state index in [1.54, 1.807) is 11.8 Å². The molecule has 2 rings (SSSR count). The molecule has 6 nitrogen and oxygen atoms in total. The van der Waals surface area contributed by atoms with Crippen LogP contribution >= 0.6 is 0 Å². The summed E-state index contributed by atoms with van der Waals surface area (Å²) in [5.74, 6) is -0.0586. The molecule has 0 aromatic rings. The fourth-order valence-corrected chi connectivity index (χ4v) is 2.74. The van der Waals surface area contributed by atoms with Gasteiger partial charge in [0.25, 0.3) is 0 Å². The van der Waals surface area contributed by atoms with Crippen LogP contribution in [0.2, 0.25) is 0 Å². The lowest BCUT2D eigenvalue weighted by Gasteiger charge is -2.30. The van der Waals surface area contributed by atoms with Crippen molar-refractivity contribution < 1.29 is 14.3 Å².